The van der Waals surface area contributed by atoms with Crippen molar-refractivity contribution in [1.82, 2.24) is 19.6 Å². The molecule has 1 fully saturated rings. The monoisotopic (exact) mass is 486 g/mol. The first-order chi connectivity index (χ1) is 15.9. The Hall–Kier alpha value is -2.68. The first-order valence-electron chi connectivity index (χ1n) is 11.1. The Morgan fingerprint density at radius 3 is 2.48 bits per heavy atom. The molecule has 1 amide bonds. The third kappa shape index (κ3) is 5.63. The molecule has 3 aromatic rings. The van der Waals surface area contributed by atoms with E-state index in [1.807, 2.05) is 30.3 Å². The molecule has 0 aliphatic carbocycles. The summed E-state index contributed by atoms with van der Waals surface area (Å²) in [7, 11) is -3.79. The summed E-state index contributed by atoms with van der Waals surface area (Å²) in [6.07, 6.45) is 7.54. The molecule has 4 rings (SSSR count). The van der Waals surface area contributed by atoms with Crippen LogP contribution in [0.5, 0.6) is 0 Å². The van der Waals surface area contributed by atoms with Gasteiger partial charge in [0.15, 0.2) is 0 Å². The molecule has 2 aromatic carbocycles. The topological polar surface area (TPSA) is 95.2 Å². The van der Waals surface area contributed by atoms with Crippen LogP contribution in [0.1, 0.15) is 53.5 Å². The van der Waals surface area contributed by atoms with E-state index in [1.54, 1.807) is 18.5 Å². The number of rotatable bonds is 7. The molecule has 1 aliphatic heterocycles. The van der Waals surface area contributed by atoms with E-state index in [0.717, 1.165) is 37.1 Å². The zero-order chi connectivity index (χ0) is 23.3. The lowest BCUT2D eigenvalue weighted by molar-refractivity contribution is 0.0936. The number of imidazole rings is 1. The van der Waals surface area contributed by atoms with Gasteiger partial charge in [-0.2, -0.15) is 4.31 Å². The first kappa shape index (κ1) is 23.5. The summed E-state index contributed by atoms with van der Waals surface area (Å²) in [4.78, 5) is 20.5. The van der Waals surface area contributed by atoms with Crippen LogP contribution in [-0.2, 0) is 16.4 Å². The molecule has 9 heteroatoms. The highest BCUT2D eigenvalue weighted by Gasteiger charge is 2.28. The standard InChI is InChI=1S/C24H27ClN4O3S/c25-20-11-10-19(16-22(20)33(31,32)29-14-6-1-2-7-15-29)24(30)28-21(17-23-26-12-13-27-23)18-8-4-3-5-9-18/h3-5,8-13,16,21H,1-2,6-7,14-15,17H2,(H,26,27)(H,28,30)/t21-/m1/s1. The van der Waals surface area contributed by atoms with Crippen molar-refractivity contribution in [2.24, 2.45) is 0 Å². The Morgan fingerprint density at radius 2 is 1.82 bits per heavy atom. The van der Waals surface area contributed by atoms with Crippen molar-refractivity contribution in [3.05, 3.63) is 82.9 Å². The summed E-state index contributed by atoms with van der Waals surface area (Å²) in [5, 5.41) is 3.14. The van der Waals surface area contributed by atoms with E-state index in [4.69, 9.17) is 11.6 Å². The number of hydrogen-bond acceptors (Lipinski definition) is 4. The van der Waals surface area contributed by atoms with Crippen LogP contribution in [0, 0.1) is 0 Å². The minimum atomic E-state index is -3.79. The lowest BCUT2D eigenvalue weighted by Gasteiger charge is -2.22. The smallest absolute Gasteiger partial charge is 0.251 e. The second kappa shape index (κ2) is 10.5. The number of carbonyl (C=O) groups excluding carboxylic acids is 1. The number of amides is 1. The molecule has 0 spiro atoms. The quantitative estimate of drug-likeness (QED) is 0.519. The Labute approximate surface area is 199 Å². The second-order valence-corrected chi connectivity index (χ2v) is 10.5. The van der Waals surface area contributed by atoms with Crippen molar-refractivity contribution in [2.75, 3.05) is 13.1 Å². The number of benzene rings is 2. The molecule has 1 atom stereocenters. The van der Waals surface area contributed by atoms with Gasteiger partial charge in [0.25, 0.3) is 5.91 Å². The van der Waals surface area contributed by atoms with Gasteiger partial charge in [-0.05, 0) is 36.6 Å². The number of H-pyrrole nitrogens is 1. The second-order valence-electron chi connectivity index (χ2n) is 8.14. The lowest BCUT2D eigenvalue weighted by atomic mass is 10.0. The first-order valence-corrected chi connectivity index (χ1v) is 12.9. The molecule has 1 aliphatic rings. The SMILES string of the molecule is O=C(N[C@H](Cc1ncc[nH]1)c1ccccc1)c1ccc(Cl)c(S(=O)(=O)N2CCCCCC2)c1. The third-order valence-corrected chi connectivity index (χ3v) is 8.22. The molecule has 0 saturated carbocycles. The minimum absolute atomic E-state index is 0.0268. The van der Waals surface area contributed by atoms with Gasteiger partial charge in [-0.3, -0.25) is 4.79 Å². The van der Waals surface area contributed by atoms with Crippen LogP contribution in [0.4, 0.5) is 0 Å². The van der Waals surface area contributed by atoms with Gasteiger partial charge in [0, 0.05) is 37.5 Å². The number of sulfonamides is 1. The van der Waals surface area contributed by atoms with E-state index in [1.165, 1.54) is 16.4 Å². The van der Waals surface area contributed by atoms with Crippen molar-refractivity contribution in [3.8, 4) is 0 Å². The molecular formula is C24H27ClN4O3S. The third-order valence-electron chi connectivity index (χ3n) is 5.84. The largest absolute Gasteiger partial charge is 0.349 e. The normalized spacial score (nSPS) is 16.2. The summed E-state index contributed by atoms with van der Waals surface area (Å²) in [5.74, 6) is 0.365. The molecule has 33 heavy (non-hydrogen) atoms. The Kier molecular flexibility index (Phi) is 7.47. The van der Waals surface area contributed by atoms with E-state index in [2.05, 4.69) is 15.3 Å². The highest BCUT2D eigenvalue weighted by Crippen LogP contribution is 2.28. The molecule has 2 heterocycles. The van der Waals surface area contributed by atoms with Gasteiger partial charge in [-0.15, -0.1) is 0 Å². The number of nitrogens with zero attached hydrogens (tertiary/aromatic N) is 2. The highest BCUT2D eigenvalue weighted by molar-refractivity contribution is 7.89. The van der Waals surface area contributed by atoms with Gasteiger partial charge in [-0.25, -0.2) is 13.4 Å². The molecular weight excluding hydrogens is 460 g/mol. The van der Waals surface area contributed by atoms with Crippen LogP contribution in [0.25, 0.3) is 0 Å². The zero-order valence-corrected chi connectivity index (χ0v) is 19.8. The molecule has 0 radical (unpaired) electrons. The number of aromatic amines is 1. The summed E-state index contributed by atoms with van der Waals surface area (Å²) in [6.45, 7) is 0.933. The minimum Gasteiger partial charge on any atom is -0.349 e. The zero-order valence-electron chi connectivity index (χ0n) is 18.2. The van der Waals surface area contributed by atoms with Crippen LogP contribution in [-0.4, -0.2) is 41.7 Å². The summed E-state index contributed by atoms with van der Waals surface area (Å²) in [5.41, 5.74) is 1.17. The van der Waals surface area contributed by atoms with Crippen molar-refractivity contribution >= 4 is 27.5 Å². The summed E-state index contributed by atoms with van der Waals surface area (Å²) >= 11 is 6.29. The van der Waals surface area contributed by atoms with E-state index < -0.39 is 10.0 Å². The predicted octanol–water partition coefficient (Wildman–Crippen LogP) is 4.34. The molecule has 1 saturated heterocycles. The number of nitrogens with one attached hydrogen (secondary N) is 2. The van der Waals surface area contributed by atoms with Crippen molar-refractivity contribution < 1.29 is 13.2 Å². The van der Waals surface area contributed by atoms with E-state index in [-0.39, 0.29) is 27.4 Å². The number of halogens is 1. The molecule has 0 unspecified atom stereocenters. The van der Waals surface area contributed by atoms with Crippen LogP contribution in [0.15, 0.2) is 65.8 Å². The maximum atomic E-state index is 13.3. The van der Waals surface area contributed by atoms with Gasteiger partial charge < -0.3 is 10.3 Å². The fraction of sp³-hybridized carbons (Fsp3) is 0.333. The van der Waals surface area contributed by atoms with Crippen LogP contribution >= 0.6 is 11.6 Å². The molecule has 1 aromatic heterocycles. The average Bonchev–Trinajstić information content (AvgIpc) is 3.17. The summed E-state index contributed by atoms with van der Waals surface area (Å²) in [6, 6.07) is 13.7. The fourth-order valence-corrected chi connectivity index (χ4v) is 6.06. The highest BCUT2D eigenvalue weighted by atomic mass is 35.5. The van der Waals surface area contributed by atoms with Gasteiger partial charge in [0.2, 0.25) is 10.0 Å². The fourth-order valence-electron chi connectivity index (χ4n) is 4.05. The van der Waals surface area contributed by atoms with E-state index >= 15 is 0 Å². The van der Waals surface area contributed by atoms with Gasteiger partial charge >= 0.3 is 0 Å². The number of carbonyl (C=O) groups is 1. The van der Waals surface area contributed by atoms with Gasteiger partial charge in [0.05, 0.1) is 11.1 Å². The molecule has 0 bridgehead atoms. The van der Waals surface area contributed by atoms with Crippen molar-refractivity contribution in [1.29, 1.82) is 0 Å². The Morgan fingerprint density at radius 1 is 1.09 bits per heavy atom. The molecule has 174 valence electrons. The Bertz CT molecular complexity index is 1180. The number of aromatic nitrogens is 2. The molecule has 2 N–H and O–H groups in total. The van der Waals surface area contributed by atoms with Crippen molar-refractivity contribution in [3.63, 3.8) is 0 Å². The lowest BCUT2D eigenvalue weighted by Crippen LogP contribution is -2.33. The maximum absolute atomic E-state index is 13.3. The van der Waals surface area contributed by atoms with E-state index in [9.17, 15) is 13.2 Å². The van der Waals surface area contributed by atoms with Gasteiger partial charge in [-0.1, -0.05) is 54.8 Å². The summed E-state index contributed by atoms with van der Waals surface area (Å²) < 4.78 is 28.1. The predicted molar refractivity (Wildman–Crippen MR) is 128 cm³/mol. The van der Waals surface area contributed by atoms with Crippen molar-refractivity contribution in [2.45, 2.75) is 43.0 Å². The van der Waals surface area contributed by atoms with Crippen LogP contribution in [0.2, 0.25) is 5.02 Å². The van der Waals surface area contributed by atoms with Gasteiger partial charge in [0.1, 0.15) is 10.7 Å². The average molecular weight is 487 g/mol. The Balaban J connectivity index is 1.59. The van der Waals surface area contributed by atoms with Crippen LogP contribution < -0.4 is 5.32 Å². The van der Waals surface area contributed by atoms with E-state index in [0.29, 0.717) is 19.5 Å². The number of hydrogen-bond donors (Lipinski definition) is 2. The molecule has 7 nitrogen and oxygen atoms in total. The van der Waals surface area contributed by atoms with Crippen LogP contribution in [0.3, 0.4) is 0 Å². The maximum Gasteiger partial charge on any atom is 0.251 e.